The molecule has 2 fully saturated rings. The first-order chi connectivity index (χ1) is 13.9. The van der Waals surface area contributed by atoms with Crippen LogP contribution in [-0.2, 0) is 11.8 Å². The molecule has 7 heteroatoms. The summed E-state index contributed by atoms with van der Waals surface area (Å²) in [5.41, 5.74) is 2.65. The fourth-order valence-corrected chi connectivity index (χ4v) is 4.79. The van der Waals surface area contributed by atoms with E-state index in [0.717, 1.165) is 54.6 Å². The number of carbonyl (C=O) groups is 1. The Kier molecular flexibility index (Phi) is 5.69. The second kappa shape index (κ2) is 8.24. The maximum atomic E-state index is 13.2. The third kappa shape index (κ3) is 4.07. The van der Waals surface area contributed by atoms with Crippen LogP contribution in [0.3, 0.4) is 0 Å². The summed E-state index contributed by atoms with van der Waals surface area (Å²) in [6, 6.07) is 3.95. The molecule has 3 N–H and O–H groups in total. The van der Waals surface area contributed by atoms with Gasteiger partial charge in [0.2, 0.25) is 5.91 Å². The molecule has 156 valence electrons. The summed E-state index contributed by atoms with van der Waals surface area (Å²) in [7, 11) is 1.83. The van der Waals surface area contributed by atoms with Crippen LogP contribution in [0.1, 0.15) is 43.4 Å². The van der Waals surface area contributed by atoms with E-state index >= 15 is 0 Å². The minimum absolute atomic E-state index is 0.0168. The molecule has 4 unspecified atom stereocenters. The molecule has 4 rings (SSSR count). The Morgan fingerprint density at radius 2 is 2.10 bits per heavy atom. The molecule has 29 heavy (non-hydrogen) atoms. The number of hydrogen-bond donors (Lipinski definition) is 3. The molecular formula is C22H31N5O2. The van der Waals surface area contributed by atoms with Crippen LogP contribution in [0.5, 0.6) is 0 Å². The number of hydrogen-bond acceptors (Lipinski definition) is 5. The summed E-state index contributed by atoms with van der Waals surface area (Å²) in [5, 5.41) is 10.7. The van der Waals surface area contributed by atoms with Gasteiger partial charge in [0.1, 0.15) is 0 Å². The molecule has 1 amide bonds. The van der Waals surface area contributed by atoms with Gasteiger partial charge in [-0.3, -0.25) is 19.9 Å². The number of piperazine rings is 1. The standard InChI is InChI=1S/C22H31N5O2/c1-13-4-5-15(21(28)26-20-12-23-6-7-24-20)9-17(13)18-10-16-11-25-14(2)8-19(16)27(3)22(18)29/h8,10-11,13,15,17,20,23-24H,4-7,9,12H2,1-3H3,(H,26,28). The maximum absolute atomic E-state index is 13.2. The predicted molar refractivity (Wildman–Crippen MR) is 114 cm³/mol. The molecule has 0 bridgehead atoms. The first-order valence-corrected chi connectivity index (χ1v) is 10.6. The van der Waals surface area contributed by atoms with E-state index in [2.05, 4.69) is 27.9 Å². The molecule has 1 saturated heterocycles. The van der Waals surface area contributed by atoms with Gasteiger partial charge in [0, 0.05) is 55.4 Å². The van der Waals surface area contributed by atoms with Crippen molar-refractivity contribution in [2.45, 2.75) is 45.2 Å². The van der Waals surface area contributed by atoms with Crippen LogP contribution in [0.25, 0.3) is 10.9 Å². The smallest absolute Gasteiger partial charge is 0.254 e. The van der Waals surface area contributed by atoms with E-state index in [1.165, 1.54) is 0 Å². The monoisotopic (exact) mass is 397 g/mol. The molecule has 0 radical (unpaired) electrons. The van der Waals surface area contributed by atoms with Gasteiger partial charge in [-0.1, -0.05) is 6.92 Å². The van der Waals surface area contributed by atoms with Crippen LogP contribution in [0.4, 0.5) is 0 Å². The SMILES string of the molecule is Cc1cc2c(cn1)cc(C1CC(C(=O)NC3CNCCN3)CCC1C)c(=O)n2C. The number of pyridine rings is 2. The second-order valence-corrected chi connectivity index (χ2v) is 8.66. The summed E-state index contributed by atoms with van der Waals surface area (Å²) in [5.74, 6) is 0.493. The van der Waals surface area contributed by atoms with Gasteiger partial charge >= 0.3 is 0 Å². The van der Waals surface area contributed by atoms with E-state index in [4.69, 9.17) is 0 Å². The van der Waals surface area contributed by atoms with E-state index < -0.39 is 0 Å². The molecule has 3 heterocycles. The second-order valence-electron chi connectivity index (χ2n) is 8.66. The summed E-state index contributed by atoms with van der Waals surface area (Å²) in [6.45, 7) is 6.66. The minimum atomic E-state index is -0.0588. The van der Waals surface area contributed by atoms with E-state index in [1.807, 2.05) is 32.3 Å². The number of nitrogens with one attached hydrogen (secondary N) is 3. The fourth-order valence-electron chi connectivity index (χ4n) is 4.79. The van der Waals surface area contributed by atoms with Gasteiger partial charge in [-0.2, -0.15) is 0 Å². The van der Waals surface area contributed by atoms with Crippen molar-refractivity contribution in [1.29, 1.82) is 0 Å². The first kappa shape index (κ1) is 20.0. The summed E-state index contributed by atoms with van der Waals surface area (Å²) >= 11 is 0. The molecular weight excluding hydrogens is 366 g/mol. The number of aromatic nitrogens is 2. The molecule has 1 aliphatic heterocycles. The third-order valence-electron chi connectivity index (χ3n) is 6.60. The predicted octanol–water partition coefficient (Wildman–Crippen LogP) is 1.40. The summed E-state index contributed by atoms with van der Waals surface area (Å²) in [6.07, 6.45) is 4.36. The van der Waals surface area contributed by atoms with Gasteiger partial charge in [0.05, 0.1) is 11.7 Å². The highest BCUT2D eigenvalue weighted by Gasteiger charge is 2.35. The van der Waals surface area contributed by atoms with Crippen LogP contribution in [0.2, 0.25) is 0 Å². The van der Waals surface area contributed by atoms with Crippen LogP contribution < -0.4 is 21.5 Å². The molecule has 7 nitrogen and oxygen atoms in total. The Bertz CT molecular complexity index is 964. The van der Waals surface area contributed by atoms with Gasteiger partial charge < -0.3 is 15.2 Å². The molecule has 4 atom stereocenters. The zero-order valence-electron chi connectivity index (χ0n) is 17.5. The van der Waals surface area contributed by atoms with Gasteiger partial charge in [-0.25, -0.2) is 0 Å². The molecule has 0 aromatic carbocycles. The van der Waals surface area contributed by atoms with Crippen molar-refractivity contribution in [2.75, 3.05) is 19.6 Å². The Hall–Kier alpha value is -2.25. The number of aryl methyl sites for hydroxylation is 2. The summed E-state index contributed by atoms with van der Waals surface area (Å²) < 4.78 is 1.73. The topological polar surface area (TPSA) is 88.1 Å². The van der Waals surface area contributed by atoms with Crippen molar-refractivity contribution in [3.05, 3.63) is 39.9 Å². The van der Waals surface area contributed by atoms with E-state index in [1.54, 1.807) is 4.57 Å². The average molecular weight is 398 g/mol. The lowest BCUT2D eigenvalue weighted by Crippen LogP contribution is -2.58. The molecule has 2 aromatic rings. The average Bonchev–Trinajstić information content (AvgIpc) is 2.72. The van der Waals surface area contributed by atoms with E-state index in [9.17, 15) is 9.59 Å². The maximum Gasteiger partial charge on any atom is 0.254 e. The van der Waals surface area contributed by atoms with Crippen molar-refractivity contribution >= 4 is 16.8 Å². The summed E-state index contributed by atoms with van der Waals surface area (Å²) in [4.78, 5) is 30.4. The lowest BCUT2D eigenvalue weighted by Gasteiger charge is -2.35. The molecule has 2 aromatic heterocycles. The third-order valence-corrected chi connectivity index (χ3v) is 6.60. The van der Waals surface area contributed by atoms with Gasteiger partial charge in [-0.05, 0) is 50.2 Å². The quantitative estimate of drug-likeness (QED) is 0.729. The van der Waals surface area contributed by atoms with E-state index in [0.29, 0.717) is 12.3 Å². The zero-order chi connectivity index (χ0) is 20.5. The van der Waals surface area contributed by atoms with Crippen LogP contribution in [-0.4, -0.2) is 41.3 Å². The molecule has 1 aliphatic carbocycles. The van der Waals surface area contributed by atoms with Crippen LogP contribution >= 0.6 is 0 Å². The van der Waals surface area contributed by atoms with Crippen molar-refractivity contribution in [2.24, 2.45) is 18.9 Å². The minimum Gasteiger partial charge on any atom is -0.339 e. The zero-order valence-corrected chi connectivity index (χ0v) is 17.5. The number of carbonyl (C=O) groups excluding carboxylic acids is 1. The van der Waals surface area contributed by atoms with Crippen molar-refractivity contribution in [3.63, 3.8) is 0 Å². The van der Waals surface area contributed by atoms with Gasteiger partial charge in [0.25, 0.3) is 5.56 Å². The number of amides is 1. The highest BCUT2D eigenvalue weighted by molar-refractivity contribution is 5.80. The Labute approximate surface area is 171 Å². The van der Waals surface area contributed by atoms with Crippen molar-refractivity contribution < 1.29 is 4.79 Å². The normalized spacial score (nSPS) is 27.7. The largest absolute Gasteiger partial charge is 0.339 e. The van der Waals surface area contributed by atoms with Gasteiger partial charge in [-0.15, -0.1) is 0 Å². The highest BCUT2D eigenvalue weighted by Crippen LogP contribution is 2.40. The van der Waals surface area contributed by atoms with Crippen molar-refractivity contribution in [1.82, 2.24) is 25.5 Å². The van der Waals surface area contributed by atoms with Crippen molar-refractivity contribution in [3.8, 4) is 0 Å². The first-order valence-electron chi connectivity index (χ1n) is 10.6. The van der Waals surface area contributed by atoms with Crippen LogP contribution in [0, 0.1) is 18.8 Å². The Morgan fingerprint density at radius 1 is 1.28 bits per heavy atom. The molecule has 1 saturated carbocycles. The number of nitrogens with zero attached hydrogens (tertiary/aromatic N) is 2. The lowest BCUT2D eigenvalue weighted by atomic mass is 9.71. The lowest BCUT2D eigenvalue weighted by molar-refractivity contribution is -0.127. The molecule has 0 spiro atoms. The van der Waals surface area contributed by atoms with Gasteiger partial charge in [0.15, 0.2) is 0 Å². The molecule has 2 aliphatic rings. The Balaban J connectivity index is 1.58. The van der Waals surface area contributed by atoms with E-state index in [-0.39, 0.29) is 29.5 Å². The number of rotatable bonds is 3. The fraction of sp³-hybridized carbons (Fsp3) is 0.591. The number of fused-ring (bicyclic) bond motifs is 1. The highest BCUT2D eigenvalue weighted by atomic mass is 16.2. The Morgan fingerprint density at radius 3 is 2.86 bits per heavy atom. The van der Waals surface area contributed by atoms with Crippen LogP contribution in [0.15, 0.2) is 23.1 Å².